The first-order valence-corrected chi connectivity index (χ1v) is 6.38. The number of rotatable bonds is 4. The fourth-order valence-electron chi connectivity index (χ4n) is 2.69. The summed E-state index contributed by atoms with van der Waals surface area (Å²) < 4.78 is 18.2. The van der Waals surface area contributed by atoms with Crippen molar-refractivity contribution in [3.05, 3.63) is 30.1 Å². The van der Waals surface area contributed by atoms with Crippen molar-refractivity contribution in [2.75, 3.05) is 12.4 Å². The van der Waals surface area contributed by atoms with Gasteiger partial charge in [-0.1, -0.05) is 12.8 Å². The highest BCUT2D eigenvalue weighted by Crippen LogP contribution is 2.34. The highest BCUT2D eigenvalue weighted by Gasteiger charge is 2.48. The zero-order valence-electron chi connectivity index (χ0n) is 10.9. The van der Waals surface area contributed by atoms with Gasteiger partial charge >= 0.3 is 5.97 Å². The van der Waals surface area contributed by atoms with E-state index >= 15 is 0 Å². The quantitative estimate of drug-likeness (QED) is 0.880. The molecule has 19 heavy (non-hydrogen) atoms. The van der Waals surface area contributed by atoms with Crippen LogP contribution >= 0.6 is 0 Å². The fraction of sp³-hybridized carbons (Fsp3) is 0.500. The van der Waals surface area contributed by atoms with E-state index in [2.05, 4.69) is 5.32 Å². The molecule has 1 aliphatic carbocycles. The van der Waals surface area contributed by atoms with Gasteiger partial charge in [0, 0.05) is 12.8 Å². The summed E-state index contributed by atoms with van der Waals surface area (Å²) in [6.45, 7) is 0. The first-order valence-electron chi connectivity index (χ1n) is 6.38. The van der Waals surface area contributed by atoms with Crippen LogP contribution in [0.25, 0.3) is 0 Å². The Balaban J connectivity index is 2.28. The largest absolute Gasteiger partial charge is 0.479 e. The lowest BCUT2D eigenvalue weighted by molar-refractivity contribution is -0.149. The lowest BCUT2D eigenvalue weighted by atomic mass is 9.78. The van der Waals surface area contributed by atoms with Gasteiger partial charge < -0.3 is 15.2 Å². The molecule has 1 aliphatic rings. The van der Waals surface area contributed by atoms with Crippen LogP contribution in [0.3, 0.4) is 0 Å². The van der Waals surface area contributed by atoms with Crippen LogP contribution in [0.2, 0.25) is 0 Å². The number of carboxylic acid groups (broad SMARTS) is 1. The first-order chi connectivity index (χ1) is 9.08. The van der Waals surface area contributed by atoms with Gasteiger partial charge in [-0.15, -0.1) is 0 Å². The number of methoxy groups -OCH3 is 1. The van der Waals surface area contributed by atoms with Crippen molar-refractivity contribution in [1.29, 1.82) is 0 Å². The summed E-state index contributed by atoms with van der Waals surface area (Å²) in [6.07, 6.45) is 2.61. The molecule has 104 valence electrons. The van der Waals surface area contributed by atoms with Gasteiger partial charge in [-0.05, 0) is 37.1 Å². The van der Waals surface area contributed by atoms with Crippen LogP contribution in [-0.4, -0.2) is 29.8 Å². The maximum Gasteiger partial charge on any atom is 0.332 e. The molecule has 0 aliphatic heterocycles. The van der Waals surface area contributed by atoms with Gasteiger partial charge in [0.2, 0.25) is 0 Å². The molecule has 0 bridgehead atoms. The summed E-state index contributed by atoms with van der Waals surface area (Å²) in [6, 6.07) is 5.70. The van der Waals surface area contributed by atoms with Crippen molar-refractivity contribution in [3.8, 4) is 0 Å². The van der Waals surface area contributed by atoms with Crippen molar-refractivity contribution < 1.29 is 19.0 Å². The molecule has 1 saturated carbocycles. The van der Waals surface area contributed by atoms with Crippen molar-refractivity contribution in [1.82, 2.24) is 0 Å². The molecular formula is C14H18FNO3. The smallest absolute Gasteiger partial charge is 0.332 e. The average Bonchev–Trinajstić information content (AvgIpc) is 2.41. The average molecular weight is 267 g/mol. The van der Waals surface area contributed by atoms with E-state index in [0.29, 0.717) is 18.5 Å². The third-order valence-corrected chi connectivity index (χ3v) is 3.71. The van der Waals surface area contributed by atoms with Crippen LogP contribution in [0.4, 0.5) is 10.1 Å². The van der Waals surface area contributed by atoms with Gasteiger partial charge in [0.05, 0.1) is 6.10 Å². The van der Waals surface area contributed by atoms with Crippen molar-refractivity contribution >= 4 is 11.7 Å². The Bertz CT molecular complexity index is 449. The molecule has 0 saturated heterocycles. The Morgan fingerprint density at radius 1 is 1.42 bits per heavy atom. The molecule has 2 atom stereocenters. The van der Waals surface area contributed by atoms with Crippen molar-refractivity contribution in [3.63, 3.8) is 0 Å². The number of ether oxygens (including phenoxy) is 1. The van der Waals surface area contributed by atoms with Crippen LogP contribution in [0.5, 0.6) is 0 Å². The number of nitrogens with one attached hydrogen (secondary N) is 1. The summed E-state index contributed by atoms with van der Waals surface area (Å²) in [5.41, 5.74) is -0.544. The van der Waals surface area contributed by atoms with Gasteiger partial charge in [0.15, 0.2) is 5.54 Å². The molecule has 4 nitrogen and oxygen atoms in total. The normalized spacial score (nSPS) is 26.9. The highest BCUT2D eigenvalue weighted by molar-refractivity contribution is 5.84. The highest BCUT2D eigenvalue weighted by atomic mass is 19.1. The number of carboxylic acids is 1. The number of carbonyl (C=O) groups is 1. The summed E-state index contributed by atoms with van der Waals surface area (Å²) in [7, 11) is 1.53. The number of hydrogen-bond donors (Lipinski definition) is 2. The number of anilines is 1. The first kappa shape index (κ1) is 13.8. The molecule has 0 spiro atoms. The third kappa shape index (κ3) is 2.71. The zero-order chi connectivity index (χ0) is 13.9. The molecule has 2 unspecified atom stereocenters. The second-order valence-electron chi connectivity index (χ2n) is 4.88. The van der Waals surface area contributed by atoms with E-state index in [0.717, 1.165) is 12.8 Å². The molecule has 1 aromatic rings. The van der Waals surface area contributed by atoms with Gasteiger partial charge in [-0.2, -0.15) is 0 Å². The molecule has 0 radical (unpaired) electrons. The fourth-order valence-corrected chi connectivity index (χ4v) is 2.69. The minimum absolute atomic E-state index is 0.345. The Hall–Kier alpha value is -1.62. The summed E-state index contributed by atoms with van der Waals surface area (Å²) in [5, 5.41) is 12.6. The van der Waals surface area contributed by atoms with Gasteiger partial charge in [-0.3, -0.25) is 0 Å². The number of aliphatic carboxylic acids is 1. The Kier molecular flexibility index (Phi) is 4.04. The van der Waals surface area contributed by atoms with E-state index in [1.54, 1.807) is 12.1 Å². The second-order valence-corrected chi connectivity index (χ2v) is 4.88. The van der Waals surface area contributed by atoms with E-state index in [9.17, 15) is 14.3 Å². The topological polar surface area (TPSA) is 58.6 Å². The second kappa shape index (κ2) is 5.57. The lowest BCUT2D eigenvalue weighted by Crippen LogP contribution is -2.58. The maximum absolute atomic E-state index is 12.9. The van der Waals surface area contributed by atoms with Crippen LogP contribution < -0.4 is 5.32 Å². The zero-order valence-corrected chi connectivity index (χ0v) is 10.9. The Morgan fingerprint density at radius 3 is 2.68 bits per heavy atom. The van der Waals surface area contributed by atoms with Crippen LogP contribution in [-0.2, 0) is 9.53 Å². The minimum atomic E-state index is -1.13. The third-order valence-electron chi connectivity index (χ3n) is 3.71. The SMILES string of the molecule is COC1CCCCC1(Nc1ccc(F)cc1)C(=O)O. The summed E-state index contributed by atoms with van der Waals surface area (Å²) in [4.78, 5) is 11.7. The molecule has 2 rings (SSSR count). The number of benzene rings is 1. The predicted octanol–water partition coefficient (Wildman–Crippen LogP) is 2.65. The van der Waals surface area contributed by atoms with Crippen LogP contribution in [0.1, 0.15) is 25.7 Å². The lowest BCUT2D eigenvalue weighted by Gasteiger charge is -2.41. The van der Waals surface area contributed by atoms with Gasteiger partial charge in [-0.25, -0.2) is 9.18 Å². The predicted molar refractivity (Wildman–Crippen MR) is 69.7 cm³/mol. The minimum Gasteiger partial charge on any atom is -0.479 e. The van der Waals surface area contributed by atoms with Crippen LogP contribution in [0, 0.1) is 5.82 Å². The molecule has 1 fully saturated rings. The number of hydrogen-bond acceptors (Lipinski definition) is 3. The van der Waals surface area contributed by atoms with Crippen LogP contribution in [0.15, 0.2) is 24.3 Å². The molecule has 1 aromatic carbocycles. The van der Waals surface area contributed by atoms with E-state index in [1.165, 1.54) is 19.2 Å². The monoisotopic (exact) mass is 267 g/mol. The Morgan fingerprint density at radius 2 is 2.11 bits per heavy atom. The van der Waals surface area contributed by atoms with E-state index in [1.807, 2.05) is 0 Å². The van der Waals surface area contributed by atoms with E-state index in [4.69, 9.17) is 4.74 Å². The van der Waals surface area contributed by atoms with Gasteiger partial charge in [0.25, 0.3) is 0 Å². The molecule has 0 aromatic heterocycles. The van der Waals surface area contributed by atoms with Crippen molar-refractivity contribution in [2.24, 2.45) is 0 Å². The van der Waals surface area contributed by atoms with E-state index < -0.39 is 11.5 Å². The number of halogens is 1. The molecule has 0 amide bonds. The maximum atomic E-state index is 12.9. The summed E-state index contributed by atoms with van der Waals surface area (Å²) in [5.74, 6) is -1.27. The molecular weight excluding hydrogens is 249 g/mol. The van der Waals surface area contributed by atoms with Crippen molar-refractivity contribution in [2.45, 2.75) is 37.3 Å². The molecule has 2 N–H and O–H groups in total. The Labute approximate surface area is 111 Å². The summed E-state index contributed by atoms with van der Waals surface area (Å²) >= 11 is 0. The van der Waals surface area contributed by atoms with Gasteiger partial charge in [0.1, 0.15) is 5.82 Å². The molecule has 0 heterocycles. The standard InChI is InChI=1S/C14H18FNO3/c1-19-12-4-2-3-9-14(12,13(17)18)16-11-7-5-10(15)6-8-11/h5-8,12,16H,2-4,9H2,1H3,(H,17,18). The van der Waals surface area contributed by atoms with E-state index in [-0.39, 0.29) is 11.9 Å². The molecule has 5 heteroatoms.